The first-order valence-corrected chi connectivity index (χ1v) is 6.20. The highest BCUT2D eigenvalue weighted by Gasteiger charge is 2.18. The second kappa shape index (κ2) is 9.39. The summed E-state index contributed by atoms with van der Waals surface area (Å²) in [6, 6.07) is 0. The molecule has 0 aliphatic heterocycles. The lowest BCUT2D eigenvalue weighted by molar-refractivity contribution is -0.120. The van der Waals surface area contributed by atoms with E-state index in [2.05, 4.69) is 10.6 Å². The monoisotopic (exact) mass is 246 g/mol. The molecule has 5 heteroatoms. The third kappa shape index (κ3) is 10.2. The van der Waals surface area contributed by atoms with Gasteiger partial charge in [-0.1, -0.05) is 13.3 Å². The average molecular weight is 246 g/mol. The number of amides is 1. The Morgan fingerprint density at radius 3 is 2.76 bits per heavy atom. The van der Waals surface area contributed by atoms with Crippen LogP contribution in [-0.4, -0.2) is 50.0 Å². The zero-order chi connectivity index (χ0) is 13.1. The molecule has 3 N–H and O–H groups in total. The molecule has 1 atom stereocenters. The van der Waals surface area contributed by atoms with Crippen molar-refractivity contribution in [3.63, 3.8) is 0 Å². The van der Waals surface area contributed by atoms with Crippen LogP contribution < -0.4 is 10.6 Å². The molecule has 1 unspecified atom stereocenters. The molecule has 0 bridgehead atoms. The molecular formula is C12H26N2O3. The lowest BCUT2D eigenvalue weighted by atomic mass is 10.0. The molecule has 0 fully saturated rings. The minimum Gasteiger partial charge on any atom is -0.389 e. The molecule has 0 aromatic heterocycles. The van der Waals surface area contributed by atoms with Crippen LogP contribution in [0.3, 0.4) is 0 Å². The second-order valence-electron chi connectivity index (χ2n) is 4.55. The summed E-state index contributed by atoms with van der Waals surface area (Å²) in [7, 11) is 1.64. The van der Waals surface area contributed by atoms with E-state index >= 15 is 0 Å². The number of carbonyl (C=O) groups excluding carboxylic acids is 1. The predicted octanol–water partition coefficient (Wildman–Crippen LogP) is 0.280. The van der Waals surface area contributed by atoms with E-state index in [1.165, 1.54) is 0 Å². The topological polar surface area (TPSA) is 70.6 Å². The molecule has 0 rings (SSSR count). The third-order valence-corrected chi connectivity index (χ3v) is 2.43. The Kier molecular flexibility index (Phi) is 9.03. The molecule has 0 saturated heterocycles. The molecule has 0 aromatic carbocycles. The first kappa shape index (κ1) is 16.4. The maximum absolute atomic E-state index is 11.4. The van der Waals surface area contributed by atoms with Gasteiger partial charge in [-0.05, 0) is 19.8 Å². The van der Waals surface area contributed by atoms with E-state index in [0.717, 1.165) is 19.3 Å². The van der Waals surface area contributed by atoms with Crippen LogP contribution in [-0.2, 0) is 9.53 Å². The number of methoxy groups -OCH3 is 1. The summed E-state index contributed by atoms with van der Waals surface area (Å²) in [6.45, 7) is 5.76. The number of aliphatic hydroxyl groups is 1. The van der Waals surface area contributed by atoms with Crippen LogP contribution in [0.2, 0.25) is 0 Å². The first-order chi connectivity index (χ1) is 8.02. The molecule has 0 aromatic rings. The van der Waals surface area contributed by atoms with Gasteiger partial charge >= 0.3 is 0 Å². The number of carbonyl (C=O) groups is 1. The van der Waals surface area contributed by atoms with Gasteiger partial charge in [-0.2, -0.15) is 0 Å². The van der Waals surface area contributed by atoms with Crippen LogP contribution in [0, 0.1) is 0 Å². The zero-order valence-corrected chi connectivity index (χ0v) is 11.2. The van der Waals surface area contributed by atoms with Crippen molar-refractivity contribution in [2.75, 3.05) is 33.4 Å². The van der Waals surface area contributed by atoms with Gasteiger partial charge in [-0.3, -0.25) is 4.79 Å². The number of rotatable bonds is 10. The highest BCUT2D eigenvalue weighted by atomic mass is 16.5. The predicted molar refractivity (Wildman–Crippen MR) is 67.9 cm³/mol. The number of ether oxygens (including phenoxy) is 1. The van der Waals surface area contributed by atoms with Crippen molar-refractivity contribution in [1.82, 2.24) is 10.6 Å². The minimum absolute atomic E-state index is 0.0478. The Labute approximate surface area is 104 Å². The summed E-state index contributed by atoms with van der Waals surface area (Å²) in [6.07, 6.45) is 2.48. The highest BCUT2D eigenvalue weighted by molar-refractivity contribution is 5.77. The van der Waals surface area contributed by atoms with Crippen LogP contribution in [0.1, 0.15) is 33.1 Å². The summed E-state index contributed by atoms with van der Waals surface area (Å²) in [5.74, 6) is -0.0478. The molecule has 102 valence electrons. The van der Waals surface area contributed by atoms with Crippen molar-refractivity contribution in [3.05, 3.63) is 0 Å². The lowest BCUT2D eigenvalue weighted by Gasteiger charge is -2.22. The van der Waals surface area contributed by atoms with E-state index in [4.69, 9.17) is 4.74 Å². The number of hydrogen-bond donors (Lipinski definition) is 3. The Morgan fingerprint density at radius 1 is 1.47 bits per heavy atom. The van der Waals surface area contributed by atoms with Gasteiger partial charge in [0, 0.05) is 26.8 Å². The molecular weight excluding hydrogens is 220 g/mol. The van der Waals surface area contributed by atoms with Crippen molar-refractivity contribution >= 4 is 5.91 Å². The molecule has 0 radical (unpaired) electrons. The van der Waals surface area contributed by atoms with E-state index < -0.39 is 5.60 Å². The molecule has 0 aliphatic carbocycles. The smallest absolute Gasteiger partial charge is 0.233 e. The van der Waals surface area contributed by atoms with Crippen molar-refractivity contribution in [2.45, 2.75) is 38.7 Å². The second-order valence-corrected chi connectivity index (χ2v) is 4.55. The lowest BCUT2D eigenvalue weighted by Crippen LogP contribution is -2.42. The normalized spacial score (nSPS) is 14.4. The SMILES string of the molecule is CCCC(C)(O)CNCC(=O)NCCCOC. The molecule has 0 aliphatic rings. The Bertz CT molecular complexity index is 208. The Hall–Kier alpha value is -0.650. The van der Waals surface area contributed by atoms with Gasteiger partial charge in [-0.25, -0.2) is 0 Å². The van der Waals surface area contributed by atoms with Gasteiger partial charge < -0.3 is 20.5 Å². The molecule has 17 heavy (non-hydrogen) atoms. The van der Waals surface area contributed by atoms with Crippen LogP contribution in [0.5, 0.6) is 0 Å². The van der Waals surface area contributed by atoms with E-state index in [1.54, 1.807) is 14.0 Å². The van der Waals surface area contributed by atoms with Crippen molar-refractivity contribution in [1.29, 1.82) is 0 Å². The Morgan fingerprint density at radius 2 is 2.18 bits per heavy atom. The summed E-state index contributed by atoms with van der Waals surface area (Å²) in [4.78, 5) is 11.4. The first-order valence-electron chi connectivity index (χ1n) is 6.20. The van der Waals surface area contributed by atoms with Gasteiger partial charge in [0.15, 0.2) is 0 Å². The number of nitrogens with one attached hydrogen (secondary N) is 2. The van der Waals surface area contributed by atoms with Crippen LogP contribution in [0.4, 0.5) is 0 Å². The van der Waals surface area contributed by atoms with Crippen LogP contribution in [0.25, 0.3) is 0 Å². The highest BCUT2D eigenvalue weighted by Crippen LogP contribution is 2.09. The number of hydrogen-bond acceptors (Lipinski definition) is 4. The minimum atomic E-state index is -0.731. The Balaban J connectivity index is 3.50. The van der Waals surface area contributed by atoms with Gasteiger partial charge in [-0.15, -0.1) is 0 Å². The largest absolute Gasteiger partial charge is 0.389 e. The van der Waals surface area contributed by atoms with Gasteiger partial charge in [0.05, 0.1) is 12.1 Å². The molecule has 0 spiro atoms. The van der Waals surface area contributed by atoms with Crippen molar-refractivity contribution < 1.29 is 14.6 Å². The molecule has 1 amide bonds. The average Bonchev–Trinajstić information content (AvgIpc) is 2.24. The maximum atomic E-state index is 11.4. The van der Waals surface area contributed by atoms with Gasteiger partial charge in [0.25, 0.3) is 0 Å². The molecule has 0 saturated carbocycles. The maximum Gasteiger partial charge on any atom is 0.233 e. The van der Waals surface area contributed by atoms with E-state index in [-0.39, 0.29) is 12.5 Å². The summed E-state index contributed by atoms with van der Waals surface area (Å²) in [5.41, 5.74) is -0.731. The summed E-state index contributed by atoms with van der Waals surface area (Å²) >= 11 is 0. The van der Waals surface area contributed by atoms with Crippen LogP contribution >= 0.6 is 0 Å². The summed E-state index contributed by atoms with van der Waals surface area (Å²) in [5, 5.41) is 15.6. The van der Waals surface area contributed by atoms with E-state index in [1.807, 2.05) is 6.92 Å². The van der Waals surface area contributed by atoms with Gasteiger partial charge in [0.2, 0.25) is 5.91 Å². The van der Waals surface area contributed by atoms with Crippen molar-refractivity contribution in [3.8, 4) is 0 Å². The fourth-order valence-electron chi connectivity index (χ4n) is 1.58. The van der Waals surface area contributed by atoms with E-state index in [0.29, 0.717) is 19.7 Å². The van der Waals surface area contributed by atoms with Crippen molar-refractivity contribution in [2.24, 2.45) is 0 Å². The fraction of sp³-hybridized carbons (Fsp3) is 0.917. The zero-order valence-electron chi connectivity index (χ0n) is 11.2. The van der Waals surface area contributed by atoms with E-state index in [9.17, 15) is 9.90 Å². The quantitative estimate of drug-likeness (QED) is 0.484. The summed E-state index contributed by atoms with van der Waals surface area (Å²) < 4.78 is 4.88. The van der Waals surface area contributed by atoms with Gasteiger partial charge in [0.1, 0.15) is 0 Å². The van der Waals surface area contributed by atoms with Crippen LogP contribution in [0.15, 0.2) is 0 Å². The molecule has 0 heterocycles. The standard InChI is InChI=1S/C12H26N2O3/c1-4-6-12(2,16)10-13-9-11(15)14-7-5-8-17-3/h13,16H,4-10H2,1-3H3,(H,14,15). The molecule has 5 nitrogen and oxygen atoms in total. The fourth-order valence-corrected chi connectivity index (χ4v) is 1.58. The third-order valence-electron chi connectivity index (χ3n) is 2.43.